The number of ether oxygens (including phenoxy) is 2. The van der Waals surface area contributed by atoms with Crippen LogP contribution in [0.5, 0.6) is 0 Å². The van der Waals surface area contributed by atoms with Crippen LogP contribution in [-0.4, -0.2) is 49.1 Å². The first kappa shape index (κ1) is 23.2. The van der Waals surface area contributed by atoms with E-state index in [-0.39, 0.29) is 6.42 Å². The van der Waals surface area contributed by atoms with Crippen molar-refractivity contribution in [1.82, 2.24) is 5.32 Å². The molecule has 1 amide bonds. The lowest BCUT2D eigenvalue weighted by molar-refractivity contribution is -0.143. The average molecular weight is 405 g/mol. The van der Waals surface area contributed by atoms with Gasteiger partial charge in [0.15, 0.2) is 0 Å². The van der Waals surface area contributed by atoms with Gasteiger partial charge < -0.3 is 24.1 Å². The summed E-state index contributed by atoms with van der Waals surface area (Å²) in [5.74, 6) is -0.536. The normalized spacial score (nSPS) is 18.8. The summed E-state index contributed by atoms with van der Waals surface area (Å²) >= 11 is 0. The fourth-order valence-electron chi connectivity index (χ4n) is 2.81. The molecule has 1 N–H and O–H groups in total. The van der Waals surface area contributed by atoms with Crippen LogP contribution < -0.4 is 10.8 Å². The number of methoxy groups -OCH3 is 1. The van der Waals surface area contributed by atoms with E-state index >= 15 is 0 Å². The van der Waals surface area contributed by atoms with E-state index in [0.29, 0.717) is 0 Å². The number of alkyl carbamates (subject to hydrolysis) is 1. The molecular formula is C21H32BNO6. The number of amides is 1. The van der Waals surface area contributed by atoms with E-state index in [9.17, 15) is 9.59 Å². The van der Waals surface area contributed by atoms with E-state index in [2.05, 4.69) is 5.32 Å². The molecule has 0 radical (unpaired) electrons. The van der Waals surface area contributed by atoms with Crippen molar-refractivity contribution in [3.63, 3.8) is 0 Å². The number of nitrogens with one attached hydrogen (secondary N) is 1. The topological polar surface area (TPSA) is 83.1 Å². The zero-order valence-electron chi connectivity index (χ0n) is 18.6. The molecule has 0 saturated carbocycles. The number of benzene rings is 1. The third kappa shape index (κ3) is 5.96. The van der Waals surface area contributed by atoms with Crippen LogP contribution in [0.25, 0.3) is 0 Å². The molecule has 2 rings (SSSR count). The highest BCUT2D eigenvalue weighted by molar-refractivity contribution is 6.62. The molecule has 1 aromatic carbocycles. The Balaban J connectivity index is 2.07. The molecular weight excluding hydrogens is 373 g/mol. The Labute approximate surface area is 173 Å². The number of carbonyl (C=O) groups is 2. The standard InChI is InChI=1S/C21H32BNO6/c1-19(2,3)27-18(25)23-16(17(24)26-8)13-14-9-11-15(12-10-14)22-28-20(4,5)21(6,7)29-22/h9-12,16H,13H2,1-8H3,(H,23,25). The number of carbonyl (C=O) groups excluding carboxylic acids is 2. The Hall–Kier alpha value is -2.06. The van der Waals surface area contributed by atoms with Gasteiger partial charge in [0.2, 0.25) is 0 Å². The third-order valence-corrected chi connectivity index (χ3v) is 5.12. The Morgan fingerprint density at radius 2 is 1.59 bits per heavy atom. The van der Waals surface area contributed by atoms with E-state index in [1.807, 2.05) is 52.0 Å². The van der Waals surface area contributed by atoms with Crippen molar-refractivity contribution in [2.75, 3.05) is 7.11 Å². The Bertz CT molecular complexity index is 723. The van der Waals surface area contributed by atoms with E-state index in [1.165, 1.54) is 7.11 Å². The first-order valence-electron chi connectivity index (χ1n) is 9.76. The van der Waals surface area contributed by atoms with Gasteiger partial charge in [-0.25, -0.2) is 9.59 Å². The van der Waals surface area contributed by atoms with E-state index in [1.54, 1.807) is 20.8 Å². The van der Waals surface area contributed by atoms with Crippen molar-refractivity contribution in [2.24, 2.45) is 0 Å². The molecule has 8 heteroatoms. The minimum Gasteiger partial charge on any atom is -0.467 e. The van der Waals surface area contributed by atoms with Crippen molar-refractivity contribution < 1.29 is 28.4 Å². The summed E-state index contributed by atoms with van der Waals surface area (Å²) in [6.45, 7) is 13.3. The zero-order valence-corrected chi connectivity index (χ0v) is 18.6. The van der Waals surface area contributed by atoms with Gasteiger partial charge in [-0.2, -0.15) is 0 Å². The average Bonchev–Trinajstić information content (AvgIpc) is 2.80. The zero-order chi connectivity index (χ0) is 22.0. The van der Waals surface area contributed by atoms with Crippen LogP contribution in [-0.2, 0) is 30.0 Å². The van der Waals surface area contributed by atoms with E-state index in [4.69, 9.17) is 18.8 Å². The van der Waals surface area contributed by atoms with Gasteiger partial charge >= 0.3 is 19.2 Å². The monoisotopic (exact) mass is 405 g/mol. The van der Waals surface area contributed by atoms with Crippen LogP contribution in [0.3, 0.4) is 0 Å². The molecule has 1 heterocycles. The molecule has 0 spiro atoms. The third-order valence-electron chi connectivity index (χ3n) is 5.12. The summed E-state index contributed by atoms with van der Waals surface area (Å²) in [7, 11) is 0.832. The predicted molar refractivity (Wildman–Crippen MR) is 111 cm³/mol. The van der Waals surface area contributed by atoms with Crippen LogP contribution in [0.1, 0.15) is 54.0 Å². The molecule has 1 aliphatic heterocycles. The summed E-state index contributed by atoms with van der Waals surface area (Å²) in [4.78, 5) is 24.2. The Kier molecular flexibility index (Phi) is 6.70. The van der Waals surface area contributed by atoms with Gasteiger partial charge in [-0.15, -0.1) is 0 Å². The summed E-state index contributed by atoms with van der Waals surface area (Å²) in [5, 5.41) is 2.58. The van der Waals surface area contributed by atoms with Gasteiger partial charge in [-0.1, -0.05) is 24.3 Å². The second-order valence-electron chi connectivity index (χ2n) is 9.26. The molecule has 1 aliphatic rings. The molecule has 1 fully saturated rings. The highest BCUT2D eigenvalue weighted by atomic mass is 16.7. The second-order valence-corrected chi connectivity index (χ2v) is 9.26. The molecule has 160 valence electrons. The van der Waals surface area contributed by atoms with Gasteiger partial charge in [0.1, 0.15) is 11.6 Å². The van der Waals surface area contributed by atoms with Crippen molar-refractivity contribution in [2.45, 2.75) is 77.7 Å². The minimum atomic E-state index is -0.849. The number of hydrogen-bond donors (Lipinski definition) is 1. The van der Waals surface area contributed by atoms with Gasteiger partial charge in [0.05, 0.1) is 18.3 Å². The van der Waals surface area contributed by atoms with Crippen LogP contribution in [0.2, 0.25) is 0 Å². The molecule has 0 bridgehead atoms. The fraction of sp³-hybridized carbons (Fsp3) is 0.619. The molecule has 7 nitrogen and oxygen atoms in total. The lowest BCUT2D eigenvalue weighted by Gasteiger charge is -2.32. The summed E-state index contributed by atoms with van der Waals surface area (Å²) in [6, 6.07) is 6.72. The predicted octanol–water partition coefficient (Wildman–Crippen LogP) is 2.59. The van der Waals surface area contributed by atoms with Gasteiger partial charge in [0.25, 0.3) is 0 Å². The molecule has 0 aromatic heterocycles. The highest BCUT2D eigenvalue weighted by Crippen LogP contribution is 2.36. The number of esters is 1. The lowest BCUT2D eigenvalue weighted by Crippen LogP contribution is -2.45. The number of hydrogen-bond acceptors (Lipinski definition) is 6. The first-order chi connectivity index (χ1) is 13.2. The van der Waals surface area contributed by atoms with Crippen LogP contribution in [0.4, 0.5) is 4.79 Å². The molecule has 29 heavy (non-hydrogen) atoms. The largest absolute Gasteiger partial charge is 0.494 e. The SMILES string of the molecule is COC(=O)C(Cc1ccc(B2OC(C)(C)C(C)(C)O2)cc1)NC(=O)OC(C)(C)C. The molecule has 1 saturated heterocycles. The maximum Gasteiger partial charge on any atom is 0.494 e. The van der Waals surface area contributed by atoms with Crippen molar-refractivity contribution in [3.8, 4) is 0 Å². The van der Waals surface area contributed by atoms with E-state index in [0.717, 1.165) is 11.0 Å². The van der Waals surface area contributed by atoms with Crippen molar-refractivity contribution >= 4 is 24.6 Å². The Morgan fingerprint density at radius 3 is 2.03 bits per heavy atom. The van der Waals surface area contributed by atoms with Gasteiger partial charge in [-0.05, 0) is 59.5 Å². The maximum atomic E-state index is 12.1. The smallest absolute Gasteiger partial charge is 0.467 e. The molecule has 0 aliphatic carbocycles. The molecule has 1 atom stereocenters. The van der Waals surface area contributed by atoms with Gasteiger partial charge in [0, 0.05) is 6.42 Å². The summed E-state index contributed by atoms with van der Waals surface area (Å²) in [6.07, 6.45) is -0.392. The van der Waals surface area contributed by atoms with Crippen LogP contribution in [0.15, 0.2) is 24.3 Å². The highest BCUT2D eigenvalue weighted by Gasteiger charge is 2.51. The second kappa shape index (κ2) is 8.36. The molecule has 1 unspecified atom stereocenters. The van der Waals surface area contributed by atoms with Crippen LogP contribution >= 0.6 is 0 Å². The molecule has 1 aromatic rings. The van der Waals surface area contributed by atoms with E-state index < -0.39 is 42.0 Å². The first-order valence-corrected chi connectivity index (χ1v) is 9.76. The van der Waals surface area contributed by atoms with Crippen molar-refractivity contribution in [1.29, 1.82) is 0 Å². The number of rotatable bonds is 5. The lowest BCUT2D eigenvalue weighted by atomic mass is 9.78. The summed E-state index contributed by atoms with van der Waals surface area (Å²) in [5.41, 5.74) is 0.265. The Morgan fingerprint density at radius 1 is 1.07 bits per heavy atom. The minimum absolute atomic E-state index is 0.273. The quantitative estimate of drug-likeness (QED) is 0.599. The van der Waals surface area contributed by atoms with Gasteiger partial charge in [-0.3, -0.25) is 0 Å². The van der Waals surface area contributed by atoms with Crippen LogP contribution in [0, 0.1) is 0 Å². The fourth-order valence-corrected chi connectivity index (χ4v) is 2.81. The summed E-state index contributed by atoms with van der Waals surface area (Å²) < 4.78 is 22.2. The maximum absolute atomic E-state index is 12.1. The van der Waals surface area contributed by atoms with Crippen molar-refractivity contribution in [3.05, 3.63) is 29.8 Å².